The number of aromatic nitrogens is 2. The monoisotopic (exact) mass is 265 g/mol. The van der Waals surface area contributed by atoms with E-state index >= 15 is 0 Å². The Morgan fingerprint density at radius 3 is 2.61 bits per heavy atom. The van der Waals surface area contributed by atoms with Crippen LogP contribution in [0.25, 0.3) is 11.1 Å². The molecule has 0 radical (unpaired) electrons. The van der Waals surface area contributed by atoms with E-state index in [-0.39, 0.29) is 12.4 Å². The van der Waals surface area contributed by atoms with Crippen LogP contribution in [0.2, 0.25) is 0 Å². The molecule has 2 N–H and O–H groups in total. The molecule has 0 atom stereocenters. The molecule has 0 fully saturated rings. The molecule has 0 amide bonds. The van der Waals surface area contributed by atoms with E-state index in [0.29, 0.717) is 6.54 Å². The van der Waals surface area contributed by atoms with Gasteiger partial charge in [0.1, 0.15) is 0 Å². The maximum atomic E-state index is 5.49. The van der Waals surface area contributed by atoms with Gasteiger partial charge in [0.15, 0.2) is 0 Å². The summed E-state index contributed by atoms with van der Waals surface area (Å²) in [6.07, 6.45) is 4.97. The van der Waals surface area contributed by atoms with Gasteiger partial charge in [0.05, 0.1) is 6.20 Å². The summed E-state index contributed by atoms with van der Waals surface area (Å²) in [5.74, 6) is 0. The molecular weight excluding hydrogens is 246 g/mol. The largest absolute Gasteiger partial charge is 0.330 e. The molecule has 0 unspecified atom stereocenters. The number of benzene rings is 1. The van der Waals surface area contributed by atoms with Crippen molar-refractivity contribution < 1.29 is 0 Å². The van der Waals surface area contributed by atoms with E-state index < -0.39 is 0 Å². The Labute approximate surface area is 114 Å². The molecule has 1 aromatic heterocycles. The molecule has 0 saturated carbocycles. The highest BCUT2D eigenvalue weighted by Gasteiger charge is 2.02. The van der Waals surface area contributed by atoms with Gasteiger partial charge >= 0.3 is 0 Å². The smallest absolute Gasteiger partial charge is 0.0568 e. The summed E-state index contributed by atoms with van der Waals surface area (Å²) in [7, 11) is 0. The van der Waals surface area contributed by atoms with Gasteiger partial charge in [-0.05, 0) is 43.5 Å². The second-order valence-corrected chi connectivity index (χ2v) is 4.43. The van der Waals surface area contributed by atoms with Crippen LogP contribution in [-0.4, -0.2) is 16.3 Å². The van der Waals surface area contributed by atoms with Crippen LogP contribution < -0.4 is 5.73 Å². The fraction of sp³-hybridized carbons (Fsp3) is 0.357. The van der Waals surface area contributed by atoms with E-state index in [9.17, 15) is 0 Å². The highest BCUT2D eigenvalue weighted by atomic mass is 35.5. The Bertz CT molecular complexity index is 505. The van der Waals surface area contributed by atoms with Crippen LogP contribution in [0.15, 0.2) is 30.6 Å². The van der Waals surface area contributed by atoms with Crippen molar-refractivity contribution in [2.45, 2.75) is 26.8 Å². The van der Waals surface area contributed by atoms with Crippen molar-refractivity contribution in [3.05, 3.63) is 41.7 Å². The summed E-state index contributed by atoms with van der Waals surface area (Å²) in [4.78, 5) is 0. The predicted octanol–water partition coefficient (Wildman–Crippen LogP) is 2.94. The van der Waals surface area contributed by atoms with E-state index in [1.165, 1.54) is 22.3 Å². The van der Waals surface area contributed by atoms with Gasteiger partial charge in [0.2, 0.25) is 0 Å². The minimum absolute atomic E-state index is 0. The number of nitrogens with zero attached hydrogens (tertiary/aromatic N) is 2. The normalized spacial score (nSPS) is 10.2. The summed E-state index contributed by atoms with van der Waals surface area (Å²) in [5, 5.41) is 4.34. The fourth-order valence-corrected chi connectivity index (χ4v) is 1.81. The van der Waals surface area contributed by atoms with E-state index in [1.54, 1.807) is 0 Å². The highest BCUT2D eigenvalue weighted by Crippen LogP contribution is 2.21. The average molecular weight is 266 g/mol. The summed E-state index contributed by atoms with van der Waals surface area (Å²) in [6, 6.07) is 6.51. The van der Waals surface area contributed by atoms with Crippen LogP contribution >= 0.6 is 12.4 Å². The van der Waals surface area contributed by atoms with Gasteiger partial charge in [-0.3, -0.25) is 4.68 Å². The molecule has 0 bridgehead atoms. The summed E-state index contributed by atoms with van der Waals surface area (Å²) in [6.45, 7) is 5.86. The first kappa shape index (κ1) is 14.7. The maximum absolute atomic E-state index is 5.49. The van der Waals surface area contributed by atoms with Crippen molar-refractivity contribution in [1.29, 1.82) is 0 Å². The topological polar surface area (TPSA) is 43.8 Å². The van der Waals surface area contributed by atoms with Gasteiger partial charge in [-0.15, -0.1) is 12.4 Å². The van der Waals surface area contributed by atoms with Gasteiger partial charge in [-0.2, -0.15) is 5.10 Å². The lowest BCUT2D eigenvalue weighted by atomic mass is 10.0. The van der Waals surface area contributed by atoms with Crippen LogP contribution in [-0.2, 0) is 6.54 Å². The first-order valence-corrected chi connectivity index (χ1v) is 6.01. The van der Waals surface area contributed by atoms with Crippen molar-refractivity contribution in [2.75, 3.05) is 6.54 Å². The zero-order valence-electron chi connectivity index (χ0n) is 10.9. The lowest BCUT2D eigenvalue weighted by molar-refractivity contribution is 0.585. The highest BCUT2D eigenvalue weighted by molar-refractivity contribution is 5.85. The third-order valence-electron chi connectivity index (χ3n) is 3.06. The number of hydrogen-bond donors (Lipinski definition) is 1. The molecule has 4 heteroatoms. The second-order valence-electron chi connectivity index (χ2n) is 4.43. The minimum atomic E-state index is 0. The van der Waals surface area contributed by atoms with Gasteiger partial charge in [-0.25, -0.2) is 0 Å². The summed E-state index contributed by atoms with van der Waals surface area (Å²) in [5.41, 5.74) is 10.5. The van der Waals surface area contributed by atoms with Gasteiger partial charge in [-0.1, -0.05) is 18.2 Å². The Balaban J connectivity index is 0.00000162. The zero-order valence-corrected chi connectivity index (χ0v) is 11.7. The van der Waals surface area contributed by atoms with Gasteiger partial charge in [0.25, 0.3) is 0 Å². The summed E-state index contributed by atoms with van der Waals surface area (Å²) < 4.78 is 1.96. The number of halogens is 1. The van der Waals surface area contributed by atoms with Crippen molar-refractivity contribution in [3.63, 3.8) is 0 Å². The van der Waals surface area contributed by atoms with E-state index in [2.05, 4.69) is 43.3 Å². The molecule has 2 aromatic rings. The van der Waals surface area contributed by atoms with E-state index in [1.807, 2.05) is 10.9 Å². The third-order valence-corrected chi connectivity index (χ3v) is 3.06. The quantitative estimate of drug-likeness (QED) is 0.924. The van der Waals surface area contributed by atoms with Crippen LogP contribution in [0.5, 0.6) is 0 Å². The first-order chi connectivity index (χ1) is 8.20. The van der Waals surface area contributed by atoms with Crippen molar-refractivity contribution in [1.82, 2.24) is 9.78 Å². The molecule has 2 rings (SSSR count). The molecule has 1 aromatic carbocycles. The predicted molar refractivity (Wildman–Crippen MR) is 78.1 cm³/mol. The number of aryl methyl sites for hydroxylation is 3. The molecule has 18 heavy (non-hydrogen) atoms. The Morgan fingerprint density at radius 2 is 1.94 bits per heavy atom. The van der Waals surface area contributed by atoms with Crippen molar-refractivity contribution in [2.24, 2.45) is 5.73 Å². The molecule has 0 saturated heterocycles. The first-order valence-electron chi connectivity index (χ1n) is 6.01. The zero-order chi connectivity index (χ0) is 12.3. The number of rotatable bonds is 4. The van der Waals surface area contributed by atoms with Crippen LogP contribution in [0.3, 0.4) is 0 Å². The average Bonchev–Trinajstić information content (AvgIpc) is 2.79. The Hall–Kier alpha value is -1.32. The molecule has 98 valence electrons. The Kier molecular flexibility index (Phi) is 5.38. The lowest BCUT2D eigenvalue weighted by Crippen LogP contribution is -2.05. The minimum Gasteiger partial charge on any atom is -0.330 e. The van der Waals surface area contributed by atoms with Gasteiger partial charge in [0, 0.05) is 18.3 Å². The molecule has 0 aliphatic heterocycles. The molecular formula is C14H20ClN3. The van der Waals surface area contributed by atoms with Crippen LogP contribution in [0.4, 0.5) is 0 Å². The molecule has 1 heterocycles. The third kappa shape index (κ3) is 3.34. The molecule has 0 aliphatic rings. The number of hydrogen-bond acceptors (Lipinski definition) is 2. The molecule has 0 aliphatic carbocycles. The molecule has 3 nitrogen and oxygen atoms in total. The molecule has 0 spiro atoms. The van der Waals surface area contributed by atoms with Crippen LogP contribution in [0.1, 0.15) is 17.5 Å². The lowest BCUT2D eigenvalue weighted by Gasteiger charge is -2.02. The SMILES string of the molecule is Cc1ccc(-c2cnn(CCCN)c2)cc1C.Cl. The second kappa shape index (κ2) is 6.57. The van der Waals surface area contributed by atoms with E-state index in [4.69, 9.17) is 5.73 Å². The van der Waals surface area contributed by atoms with Crippen LogP contribution in [0, 0.1) is 13.8 Å². The number of nitrogens with two attached hydrogens (primary N) is 1. The standard InChI is InChI=1S/C14H19N3.ClH/c1-11-4-5-13(8-12(11)2)14-9-16-17(10-14)7-3-6-15;/h4-5,8-10H,3,6-7,15H2,1-2H3;1H. The van der Waals surface area contributed by atoms with Gasteiger partial charge < -0.3 is 5.73 Å². The maximum Gasteiger partial charge on any atom is 0.0568 e. The van der Waals surface area contributed by atoms with Crippen molar-refractivity contribution >= 4 is 12.4 Å². The van der Waals surface area contributed by atoms with Crippen molar-refractivity contribution in [3.8, 4) is 11.1 Å². The Morgan fingerprint density at radius 1 is 1.17 bits per heavy atom. The van der Waals surface area contributed by atoms with E-state index in [0.717, 1.165) is 13.0 Å². The fourth-order valence-electron chi connectivity index (χ4n) is 1.81. The summed E-state index contributed by atoms with van der Waals surface area (Å²) >= 11 is 0.